The maximum atomic E-state index is 12.8. The largest absolute Gasteiger partial charge is 0.327 e. The molecule has 20 heavy (non-hydrogen) atoms. The Hall–Kier alpha value is -0.670. The van der Waals surface area contributed by atoms with Crippen LogP contribution in [0.2, 0.25) is 0 Å². The van der Waals surface area contributed by atoms with E-state index < -0.39 is 10.8 Å². The number of benzene rings is 1. The SMILES string of the molecule is CC(C)c1ccc(S(=O)C2CCCCCCC2N)cc1. The maximum absolute atomic E-state index is 12.8. The third-order valence-electron chi connectivity index (χ3n) is 4.31. The molecular weight excluding hydrogens is 266 g/mol. The van der Waals surface area contributed by atoms with E-state index in [1.165, 1.54) is 24.8 Å². The van der Waals surface area contributed by atoms with Crippen LogP contribution >= 0.6 is 0 Å². The van der Waals surface area contributed by atoms with Crippen LogP contribution in [-0.4, -0.2) is 15.5 Å². The minimum Gasteiger partial charge on any atom is -0.327 e. The minimum atomic E-state index is -0.965. The van der Waals surface area contributed by atoms with Crippen LogP contribution in [0.5, 0.6) is 0 Å². The van der Waals surface area contributed by atoms with E-state index in [-0.39, 0.29) is 11.3 Å². The summed E-state index contributed by atoms with van der Waals surface area (Å²) in [6.07, 6.45) is 6.89. The summed E-state index contributed by atoms with van der Waals surface area (Å²) in [7, 11) is -0.965. The van der Waals surface area contributed by atoms with Gasteiger partial charge in [0.1, 0.15) is 0 Å². The van der Waals surface area contributed by atoms with Gasteiger partial charge in [0.25, 0.3) is 0 Å². The molecule has 1 fully saturated rings. The van der Waals surface area contributed by atoms with Crippen LogP contribution in [0.15, 0.2) is 29.2 Å². The second-order valence-corrected chi connectivity index (χ2v) is 7.89. The third-order valence-corrected chi connectivity index (χ3v) is 6.18. The van der Waals surface area contributed by atoms with Gasteiger partial charge in [-0.2, -0.15) is 0 Å². The van der Waals surface area contributed by atoms with Gasteiger partial charge in [0.15, 0.2) is 0 Å². The average Bonchev–Trinajstić information content (AvgIpc) is 2.43. The lowest BCUT2D eigenvalue weighted by atomic mass is 9.97. The molecule has 2 N–H and O–H groups in total. The minimum absolute atomic E-state index is 0.0842. The summed E-state index contributed by atoms with van der Waals surface area (Å²) in [6, 6.07) is 8.34. The quantitative estimate of drug-likeness (QED) is 0.916. The predicted molar refractivity (Wildman–Crippen MR) is 86.4 cm³/mol. The summed E-state index contributed by atoms with van der Waals surface area (Å²) in [6.45, 7) is 4.35. The highest BCUT2D eigenvalue weighted by Crippen LogP contribution is 2.25. The Morgan fingerprint density at radius 1 is 1.05 bits per heavy atom. The summed E-state index contributed by atoms with van der Waals surface area (Å²) >= 11 is 0. The van der Waals surface area contributed by atoms with Crippen LogP contribution in [0.3, 0.4) is 0 Å². The van der Waals surface area contributed by atoms with Crippen molar-refractivity contribution in [1.29, 1.82) is 0 Å². The fourth-order valence-corrected chi connectivity index (χ4v) is 4.49. The molecule has 0 saturated heterocycles. The van der Waals surface area contributed by atoms with Gasteiger partial charge in [0.05, 0.1) is 16.0 Å². The number of nitrogens with two attached hydrogens (primary N) is 1. The van der Waals surface area contributed by atoms with Gasteiger partial charge in [-0.1, -0.05) is 51.7 Å². The molecule has 1 saturated carbocycles. The van der Waals surface area contributed by atoms with E-state index >= 15 is 0 Å². The zero-order valence-electron chi connectivity index (χ0n) is 12.7. The summed E-state index contributed by atoms with van der Waals surface area (Å²) in [5.41, 5.74) is 7.57. The van der Waals surface area contributed by atoms with Crippen molar-refractivity contribution in [2.45, 2.75) is 74.5 Å². The van der Waals surface area contributed by atoms with Crippen LogP contribution in [0.25, 0.3) is 0 Å². The molecule has 0 heterocycles. The van der Waals surface area contributed by atoms with Gasteiger partial charge in [-0.3, -0.25) is 4.21 Å². The number of rotatable bonds is 3. The van der Waals surface area contributed by atoms with E-state index in [0.29, 0.717) is 5.92 Å². The van der Waals surface area contributed by atoms with E-state index in [9.17, 15) is 4.21 Å². The van der Waals surface area contributed by atoms with Crippen molar-refractivity contribution >= 4 is 10.8 Å². The van der Waals surface area contributed by atoms with E-state index in [1.807, 2.05) is 12.1 Å². The third kappa shape index (κ3) is 3.92. The Labute approximate surface area is 125 Å². The molecule has 0 bridgehead atoms. The monoisotopic (exact) mass is 293 g/mol. The Bertz CT molecular complexity index is 441. The van der Waals surface area contributed by atoms with E-state index in [1.54, 1.807) is 0 Å². The first-order valence-corrected chi connectivity index (χ1v) is 9.07. The molecule has 3 heteroatoms. The summed E-state index contributed by atoms with van der Waals surface area (Å²) < 4.78 is 12.8. The molecule has 1 aromatic carbocycles. The van der Waals surface area contributed by atoms with Crippen molar-refractivity contribution in [3.8, 4) is 0 Å². The van der Waals surface area contributed by atoms with Crippen molar-refractivity contribution in [3.63, 3.8) is 0 Å². The summed E-state index contributed by atoms with van der Waals surface area (Å²) in [5.74, 6) is 0.515. The van der Waals surface area contributed by atoms with Crippen molar-refractivity contribution in [1.82, 2.24) is 0 Å². The first-order chi connectivity index (χ1) is 9.59. The Morgan fingerprint density at radius 3 is 2.25 bits per heavy atom. The summed E-state index contributed by atoms with van der Waals surface area (Å²) in [5, 5.41) is 0.125. The van der Waals surface area contributed by atoms with Gasteiger partial charge in [0.2, 0.25) is 0 Å². The normalized spacial score (nSPS) is 26.0. The zero-order chi connectivity index (χ0) is 14.5. The van der Waals surface area contributed by atoms with Crippen LogP contribution < -0.4 is 5.73 Å². The smallest absolute Gasteiger partial charge is 0.0576 e. The van der Waals surface area contributed by atoms with E-state index in [2.05, 4.69) is 26.0 Å². The van der Waals surface area contributed by atoms with E-state index in [4.69, 9.17) is 5.73 Å². The molecule has 0 aliphatic heterocycles. The molecule has 1 aliphatic carbocycles. The van der Waals surface area contributed by atoms with Crippen LogP contribution in [0.1, 0.15) is 63.9 Å². The Morgan fingerprint density at radius 2 is 1.65 bits per heavy atom. The number of hydrogen-bond acceptors (Lipinski definition) is 2. The van der Waals surface area contributed by atoms with Crippen LogP contribution in [-0.2, 0) is 10.8 Å². The first kappa shape index (κ1) is 15.7. The van der Waals surface area contributed by atoms with Crippen molar-refractivity contribution in [2.24, 2.45) is 5.73 Å². The van der Waals surface area contributed by atoms with Gasteiger partial charge < -0.3 is 5.73 Å². The fraction of sp³-hybridized carbons (Fsp3) is 0.647. The molecular formula is C17H27NOS. The zero-order valence-corrected chi connectivity index (χ0v) is 13.5. The van der Waals surface area contributed by atoms with Gasteiger partial charge >= 0.3 is 0 Å². The predicted octanol–water partition coefficient (Wildman–Crippen LogP) is 3.97. The molecule has 0 aromatic heterocycles. The average molecular weight is 293 g/mol. The van der Waals surface area contributed by atoms with Crippen molar-refractivity contribution in [3.05, 3.63) is 29.8 Å². The molecule has 3 unspecified atom stereocenters. The highest BCUT2D eigenvalue weighted by atomic mass is 32.2. The molecule has 0 radical (unpaired) electrons. The van der Waals surface area contributed by atoms with Gasteiger partial charge in [-0.15, -0.1) is 0 Å². The van der Waals surface area contributed by atoms with Crippen LogP contribution in [0.4, 0.5) is 0 Å². The Kier molecular flexibility index (Phi) is 5.79. The molecule has 3 atom stereocenters. The molecule has 0 amide bonds. The van der Waals surface area contributed by atoms with E-state index in [0.717, 1.165) is 24.2 Å². The first-order valence-electron chi connectivity index (χ1n) is 7.85. The second kappa shape index (κ2) is 7.37. The lowest BCUT2D eigenvalue weighted by Gasteiger charge is -2.25. The Balaban J connectivity index is 2.11. The van der Waals surface area contributed by atoms with Gasteiger partial charge in [-0.05, 0) is 36.5 Å². The van der Waals surface area contributed by atoms with Gasteiger partial charge in [0, 0.05) is 10.9 Å². The molecule has 1 aromatic rings. The fourth-order valence-electron chi connectivity index (χ4n) is 2.91. The molecule has 112 valence electrons. The molecule has 2 rings (SSSR count). The van der Waals surface area contributed by atoms with Crippen molar-refractivity contribution in [2.75, 3.05) is 0 Å². The summed E-state index contributed by atoms with van der Waals surface area (Å²) in [4.78, 5) is 0.940. The molecule has 2 nitrogen and oxygen atoms in total. The lowest BCUT2D eigenvalue weighted by Crippen LogP contribution is -2.38. The van der Waals surface area contributed by atoms with Gasteiger partial charge in [-0.25, -0.2) is 0 Å². The molecule has 0 spiro atoms. The van der Waals surface area contributed by atoms with Crippen LogP contribution in [0, 0.1) is 0 Å². The lowest BCUT2D eigenvalue weighted by molar-refractivity contribution is 0.456. The highest BCUT2D eigenvalue weighted by Gasteiger charge is 2.26. The second-order valence-electron chi connectivity index (χ2n) is 6.22. The maximum Gasteiger partial charge on any atom is 0.0576 e. The highest BCUT2D eigenvalue weighted by molar-refractivity contribution is 7.85. The number of hydrogen-bond donors (Lipinski definition) is 1. The van der Waals surface area contributed by atoms with Crippen molar-refractivity contribution < 1.29 is 4.21 Å². The topological polar surface area (TPSA) is 43.1 Å². The molecule has 1 aliphatic rings. The standard InChI is InChI=1S/C17H27NOS/c1-13(2)14-9-11-15(12-10-14)20(19)17-8-6-4-3-5-7-16(17)18/h9-13,16-17H,3-8,18H2,1-2H3.